The van der Waals surface area contributed by atoms with Crippen LogP contribution in [0.3, 0.4) is 0 Å². The summed E-state index contributed by atoms with van der Waals surface area (Å²) >= 11 is 0. The van der Waals surface area contributed by atoms with E-state index in [1.165, 1.54) is 24.3 Å². The Hall–Kier alpha value is -3.69. The summed E-state index contributed by atoms with van der Waals surface area (Å²) in [5.41, 5.74) is 1.15. The van der Waals surface area contributed by atoms with Crippen LogP contribution < -0.4 is 20.5 Å². The molecule has 0 fully saturated rings. The Morgan fingerprint density at radius 2 is 1.50 bits per heavy atom. The lowest BCUT2D eigenvalue weighted by Crippen LogP contribution is -2.22. The van der Waals surface area contributed by atoms with Crippen molar-refractivity contribution in [1.29, 1.82) is 0 Å². The minimum absolute atomic E-state index is 0.121. The van der Waals surface area contributed by atoms with Gasteiger partial charge in [0.05, 0.1) is 10.5 Å². The molecule has 0 heterocycles. The van der Waals surface area contributed by atoms with Crippen LogP contribution in [0, 0.1) is 0 Å². The highest BCUT2D eigenvalue weighted by Crippen LogP contribution is 2.20. The Labute approximate surface area is 173 Å². The Kier molecular flexibility index (Phi) is 6.45. The maximum absolute atomic E-state index is 12.5. The van der Waals surface area contributed by atoms with E-state index in [-0.39, 0.29) is 34.4 Å². The van der Waals surface area contributed by atoms with Gasteiger partial charge >= 0.3 is 0 Å². The number of rotatable bonds is 7. The third kappa shape index (κ3) is 5.66. The van der Waals surface area contributed by atoms with Gasteiger partial charge < -0.3 is 15.4 Å². The molecule has 0 spiro atoms. The number of carbonyl (C=O) groups excluding carboxylic acids is 2. The summed E-state index contributed by atoms with van der Waals surface area (Å²) in [6.45, 7) is -0.380. The van der Waals surface area contributed by atoms with E-state index in [4.69, 9.17) is 9.88 Å². The molecule has 0 radical (unpaired) electrons. The van der Waals surface area contributed by atoms with Gasteiger partial charge in [0, 0.05) is 11.4 Å². The summed E-state index contributed by atoms with van der Waals surface area (Å²) in [4.78, 5) is 24.6. The Morgan fingerprint density at radius 1 is 0.833 bits per heavy atom. The van der Waals surface area contributed by atoms with Gasteiger partial charge in [0.2, 0.25) is 10.0 Å². The molecule has 0 aromatic heterocycles. The second-order valence-corrected chi connectivity index (χ2v) is 7.79. The monoisotopic (exact) mass is 425 g/mol. The lowest BCUT2D eigenvalue weighted by molar-refractivity contribution is -0.118. The molecule has 0 aliphatic heterocycles. The zero-order valence-corrected chi connectivity index (χ0v) is 16.6. The van der Waals surface area contributed by atoms with Crippen LogP contribution in [0.4, 0.5) is 11.4 Å². The average Bonchev–Trinajstić information content (AvgIpc) is 2.73. The normalized spacial score (nSPS) is 10.8. The molecule has 3 aromatic rings. The van der Waals surface area contributed by atoms with Gasteiger partial charge in [-0.2, -0.15) is 0 Å². The molecule has 2 amide bonds. The molecular weight excluding hydrogens is 406 g/mol. The van der Waals surface area contributed by atoms with Crippen molar-refractivity contribution in [3.63, 3.8) is 0 Å². The zero-order chi connectivity index (χ0) is 21.6. The van der Waals surface area contributed by atoms with Crippen molar-refractivity contribution in [2.45, 2.75) is 4.90 Å². The molecule has 154 valence electrons. The predicted molar refractivity (Wildman–Crippen MR) is 113 cm³/mol. The molecule has 0 saturated heterocycles. The first-order valence-electron chi connectivity index (χ1n) is 8.84. The number of nitrogens with two attached hydrogens (primary N) is 1. The lowest BCUT2D eigenvalue weighted by Gasteiger charge is -2.12. The second kappa shape index (κ2) is 9.21. The number of amides is 2. The predicted octanol–water partition coefficient (Wildman–Crippen LogP) is 2.60. The Balaban J connectivity index is 1.65. The number of carbonyl (C=O) groups is 2. The Bertz CT molecular complexity index is 1160. The number of para-hydroxylation sites is 2. The smallest absolute Gasteiger partial charge is 0.262 e. The number of hydrogen-bond donors (Lipinski definition) is 3. The summed E-state index contributed by atoms with van der Waals surface area (Å²) in [6.07, 6.45) is 0. The van der Waals surface area contributed by atoms with Gasteiger partial charge in [0.25, 0.3) is 11.8 Å². The lowest BCUT2D eigenvalue weighted by atomic mass is 10.2. The van der Waals surface area contributed by atoms with E-state index in [2.05, 4.69) is 10.6 Å². The van der Waals surface area contributed by atoms with E-state index in [1.807, 2.05) is 6.07 Å². The first kappa shape index (κ1) is 21.0. The number of primary sulfonamides is 1. The molecule has 4 N–H and O–H groups in total. The fraction of sp³-hybridized carbons (Fsp3) is 0.0476. The highest BCUT2D eigenvalue weighted by atomic mass is 32.2. The zero-order valence-electron chi connectivity index (χ0n) is 15.7. The van der Waals surface area contributed by atoms with Crippen molar-refractivity contribution in [3.8, 4) is 5.75 Å². The van der Waals surface area contributed by atoms with E-state index < -0.39 is 15.9 Å². The second-order valence-electron chi connectivity index (χ2n) is 6.23. The van der Waals surface area contributed by atoms with Gasteiger partial charge in [-0.3, -0.25) is 9.59 Å². The standard InChI is InChI=1S/C21H19N3O5S/c22-30(27,28)17-10-6-9-16(13-17)23-20(25)14-29-19-12-5-4-11-18(19)21(26)24-15-7-2-1-3-8-15/h1-13H,14H2,(H,23,25)(H,24,26)(H2,22,27,28). The number of sulfonamides is 1. The van der Waals surface area contributed by atoms with E-state index in [0.29, 0.717) is 5.69 Å². The Morgan fingerprint density at radius 3 is 2.23 bits per heavy atom. The maximum atomic E-state index is 12.5. The van der Waals surface area contributed by atoms with Gasteiger partial charge in [-0.25, -0.2) is 13.6 Å². The first-order chi connectivity index (χ1) is 14.3. The molecule has 0 atom stereocenters. The van der Waals surface area contributed by atoms with Crippen molar-refractivity contribution in [1.82, 2.24) is 0 Å². The van der Waals surface area contributed by atoms with Crippen LogP contribution in [0.5, 0.6) is 5.75 Å². The van der Waals surface area contributed by atoms with Crippen molar-refractivity contribution < 1.29 is 22.7 Å². The van der Waals surface area contributed by atoms with E-state index in [0.717, 1.165) is 0 Å². The van der Waals surface area contributed by atoms with Crippen LogP contribution in [0.1, 0.15) is 10.4 Å². The minimum atomic E-state index is -3.88. The molecule has 8 nitrogen and oxygen atoms in total. The molecule has 0 aliphatic carbocycles. The van der Waals surface area contributed by atoms with Crippen LogP contribution in [0.2, 0.25) is 0 Å². The summed E-state index contributed by atoms with van der Waals surface area (Å²) in [7, 11) is -3.88. The number of ether oxygens (including phenoxy) is 1. The van der Waals surface area contributed by atoms with Crippen molar-refractivity contribution in [2.24, 2.45) is 5.14 Å². The van der Waals surface area contributed by atoms with Gasteiger partial charge in [-0.1, -0.05) is 36.4 Å². The number of hydrogen-bond acceptors (Lipinski definition) is 5. The van der Waals surface area contributed by atoms with Gasteiger partial charge in [-0.15, -0.1) is 0 Å². The van der Waals surface area contributed by atoms with Crippen LogP contribution in [0.25, 0.3) is 0 Å². The number of anilines is 2. The maximum Gasteiger partial charge on any atom is 0.262 e. The van der Waals surface area contributed by atoms with E-state index >= 15 is 0 Å². The largest absolute Gasteiger partial charge is 0.483 e. The third-order valence-electron chi connectivity index (χ3n) is 3.97. The van der Waals surface area contributed by atoms with Crippen molar-refractivity contribution in [3.05, 3.63) is 84.4 Å². The molecule has 30 heavy (non-hydrogen) atoms. The van der Waals surface area contributed by atoms with Crippen LogP contribution in [0.15, 0.2) is 83.8 Å². The highest BCUT2D eigenvalue weighted by Gasteiger charge is 2.14. The van der Waals surface area contributed by atoms with Crippen LogP contribution in [-0.4, -0.2) is 26.8 Å². The summed E-state index contributed by atoms with van der Waals surface area (Å²) in [5, 5.41) is 10.4. The third-order valence-corrected chi connectivity index (χ3v) is 4.88. The quantitative estimate of drug-likeness (QED) is 0.536. The summed E-state index contributed by atoms with van der Waals surface area (Å²) < 4.78 is 28.3. The molecule has 9 heteroatoms. The van der Waals surface area contributed by atoms with Crippen LogP contribution >= 0.6 is 0 Å². The average molecular weight is 425 g/mol. The number of benzene rings is 3. The van der Waals surface area contributed by atoms with Gasteiger partial charge in [0.1, 0.15) is 5.75 Å². The first-order valence-corrected chi connectivity index (χ1v) is 10.4. The van der Waals surface area contributed by atoms with Crippen LogP contribution in [-0.2, 0) is 14.8 Å². The molecule has 3 aromatic carbocycles. The fourth-order valence-corrected chi connectivity index (χ4v) is 3.15. The van der Waals surface area contributed by atoms with E-state index in [9.17, 15) is 18.0 Å². The highest BCUT2D eigenvalue weighted by molar-refractivity contribution is 7.89. The minimum Gasteiger partial charge on any atom is -0.483 e. The van der Waals surface area contributed by atoms with Gasteiger partial charge in [0.15, 0.2) is 6.61 Å². The molecular formula is C21H19N3O5S. The van der Waals surface area contributed by atoms with Crippen molar-refractivity contribution >= 4 is 33.2 Å². The molecule has 3 rings (SSSR count). The van der Waals surface area contributed by atoms with E-state index in [1.54, 1.807) is 48.5 Å². The molecule has 0 unspecified atom stereocenters. The molecule has 0 saturated carbocycles. The topological polar surface area (TPSA) is 128 Å². The number of nitrogens with one attached hydrogen (secondary N) is 2. The SMILES string of the molecule is NS(=O)(=O)c1cccc(NC(=O)COc2ccccc2C(=O)Nc2ccccc2)c1. The fourth-order valence-electron chi connectivity index (χ4n) is 2.59. The summed E-state index contributed by atoms with van der Waals surface area (Å²) in [6, 6.07) is 21.0. The summed E-state index contributed by atoms with van der Waals surface area (Å²) in [5.74, 6) is -0.669. The van der Waals surface area contributed by atoms with Crippen molar-refractivity contribution in [2.75, 3.05) is 17.2 Å². The molecule has 0 aliphatic rings. The molecule has 0 bridgehead atoms. The van der Waals surface area contributed by atoms with Gasteiger partial charge in [-0.05, 0) is 42.5 Å².